The van der Waals surface area contributed by atoms with Crippen LogP contribution in [0.3, 0.4) is 0 Å². The third-order valence-electron chi connectivity index (χ3n) is 10.6. The van der Waals surface area contributed by atoms with Gasteiger partial charge in [-0.3, -0.25) is 0 Å². The highest BCUT2D eigenvalue weighted by molar-refractivity contribution is 7.26. The van der Waals surface area contributed by atoms with Gasteiger partial charge in [-0.15, -0.1) is 11.3 Å². The molecule has 1 heterocycles. The Labute approximate surface area is 290 Å². The highest BCUT2D eigenvalue weighted by Gasteiger charge is 2.36. The van der Waals surface area contributed by atoms with Crippen molar-refractivity contribution in [3.63, 3.8) is 0 Å². The zero-order chi connectivity index (χ0) is 32.7. The van der Waals surface area contributed by atoms with Gasteiger partial charge in [0, 0.05) is 42.3 Å². The molecule has 9 aromatic rings. The monoisotopic (exact) mass is 643 g/mol. The van der Waals surface area contributed by atoms with E-state index in [9.17, 15) is 0 Å². The Hall–Kier alpha value is -5.70. The number of nitrogens with zero attached hydrogens (tertiary/aromatic N) is 1. The van der Waals surface area contributed by atoms with Crippen LogP contribution in [0.15, 0.2) is 164 Å². The van der Waals surface area contributed by atoms with E-state index in [-0.39, 0.29) is 5.41 Å². The van der Waals surface area contributed by atoms with Crippen molar-refractivity contribution in [2.45, 2.75) is 19.3 Å². The van der Waals surface area contributed by atoms with Crippen molar-refractivity contribution in [1.29, 1.82) is 0 Å². The lowest BCUT2D eigenvalue weighted by Gasteiger charge is -2.30. The lowest BCUT2D eigenvalue weighted by Crippen LogP contribution is -2.16. The molecule has 8 aromatic carbocycles. The summed E-state index contributed by atoms with van der Waals surface area (Å²) in [4.78, 5) is 2.49. The Kier molecular flexibility index (Phi) is 6.16. The number of fused-ring (bicyclic) bond motifs is 9. The minimum absolute atomic E-state index is 0.0995. The number of benzene rings is 8. The van der Waals surface area contributed by atoms with E-state index in [4.69, 9.17) is 0 Å². The molecule has 0 saturated carbocycles. The number of hydrogen-bond donors (Lipinski definition) is 0. The average molecular weight is 644 g/mol. The molecule has 0 spiro atoms. The molecular formula is C47H33NS. The molecule has 10 rings (SSSR count). The van der Waals surface area contributed by atoms with Crippen molar-refractivity contribution >= 4 is 70.1 Å². The third-order valence-corrected chi connectivity index (χ3v) is 11.9. The SMILES string of the molecule is CC1(C)c2ccccc2-c2ccc(N(c3cccc(-c4cccc5c4sc4ccccc45)c3)c3cc4ccccc4c4ccccc34)cc21. The standard InChI is InChI=1S/C47H33NS/c1-47(2)42-23-9-7-18-37(42)38-26-25-33(29-43(38)47)48(44-28-31-13-3-4-16-34(31)36-17-5-6-19-39(36)44)32-15-11-14-30(27-32)35-21-12-22-41-40-20-8-10-24-45(40)49-46(35)41/h3-29H,1-2H3. The second kappa shape index (κ2) is 10.7. The highest BCUT2D eigenvalue weighted by Crippen LogP contribution is 2.51. The second-order valence-corrected chi connectivity index (χ2v) is 14.8. The Morgan fingerprint density at radius 1 is 0.449 bits per heavy atom. The highest BCUT2D eigenvalue weighted by atomic mass is 32.1. The van der Waals surface area contributed by atoms with Crippen LogP contribution in [0.25, 0.3) is 64.0 Å². The summed E-state index contributed by atoms with van der Waals surface area (Å²) in [5.41, 5.74) is 11.3. The topological polar surface area (TPSA) is 3.24 Å². The quantitative estimate of drug-likeness (QED) is 0.173. The lowest BCUT2D eigenvalue weighted by molar-refractivity contribution is 0.660. The van der Waals surface area contributed by atoms with Crippen LogP contribution in [0.5, 0.6) is 0 Å². The number of anilines is 3. The molecule has 1 nitrogen and oxygen atoms in total. The van der Waals surface area contributed by atoms with Gasteiger partial charge >= 0.3 is 0 Å². The van der Waals surface area contributed by atoms with Crippen LogP contribution in [0.2, 0.25) is 0 Å². The van der Waals surface area contributed by atoms with Crippen molar-refractivity contribution in [2.24, 2.45) is 0 Å². The summed E-state index contributed by atoms with van der Waals surface area (Å²) in [6.07, 6.45) is 0. The molecule has 0 radical (unpaired) electrons. The van der Waals surface area contributed by atoms with Gasteiger partial charge in [0.25, 0.3) is 0 Å². The fourth-order valence-electron chi connectivity index (χ4n) is 8.27. The van der Waals surface area contributed by atoms with Crippen molar-refractivity contribution < 1.29 is 0 Å². The predicted octanol–water partition coefficient (Wildman–Crippen LogP) is 13.8. The van der Waals surface area contributed by atoms with Crippen molar-refractivity contribution in [3.8, 4) is 22.3 Å². The summed E-state index contributed by atoms with van der Waals surface area (Å²) in [7, 11) is 0. The molecule has 0 fully saturated rings. The summed E-state index contributed by atoms with van der Waals surface area (Å²) < 4.78 is 2.66. The van der Waals surface area contributed by atoms with E-state index in [0.29, 0.717) is 0 Å². The zero-order valence-electron chi connectivity index (χ0n) is 27.4. The van der Waals surface area contributed by atoms with Gasteiger partial charge in [-0.1, -0.05) is 141 Å². The second-order valence-electron chi connectivity index (χ2n) is 13.7. The Morgan fingerprint density at radius 3 is 2.00 bits per heavy atom. The molecule has 49 heavy (non-hydrogen) atoms. The molecule has 1 aliphatic rings. The third kappa shape index (κ3) is 4.24. The predicted molar refractivity (Wildman–Crippen MR) is 212 cm³/mol. The normalized spacial score (nSPS) is 13.3. The summed E-state index contributed by atoms with van der Waals surface area (Å²) in [6, 6.07) is 60.7. The molecular weight excluding hydrogens is 611 g/mol. The van der Waals surface area contributed by atoms with Crippen LogP contribution in [0.1, 0.15) is 25.0 Å². The van der Waals surface area contributed by atoms with Gasteiger partial charge in [0.1, 0.15) is 0 Å². The molecule has 0 aliphatic heterocycles. The molecule has 1 aliphatic carbocycles. The van der Waals surface area contributed by atoms with E-state index in [1.807, 2.05) is 11.3 Å². The van der Waals surface area contributed by atoms with Gasteiger partial charge in [-0.2, -0.15) is 0 Å². The van der Waals surface area contributed by atoms with Crippen LogP contribution in [0, 0.1) is 0 Å². The summed E-state index contributed by atoms with van der Waals surface area (Å²) in [5.74, 6) is 0. The maximum absolute atomic E-state index is 2.49. The Morgan fingerprint density at radius 2 is 1.10 bits per heavy atom. The minimum Gasteiger partial charge on any atom is -0.310 e. The van der Waals surface area contributed by atoms with Gasteiger partial charge < -0.3 is 4.90 Å². The smallest absolute Gasteiger partial charge is 0.0546 e. The largest absolute Gasteiger partial charge is 0.310 e. The molecule has 2 heteroatoms. The maximum Gasteiger partial charge on any atom is 0.0546 e. The van der Waals surface area contributed by atoms with E-state index in [0.717, 1.165) is 11.4 Å². The van der Waals surface area contributed by atoms with E-state index >= 15 is 0 Å². The van der Waals surface area contributed by atoms with E-state index in [1.54, 1.807) is 0 Å². The summed E-state index contributed by atoms with van der Waals surface area (Å²) in [5, 5.41) is 7.66. The first-order valence-electron chi connectivity index (χ1n) is 17.0. The first-order valence-corrected chi connectivity index (χ1v) is 17.8. The lowest BCUT2D eigenvalue weighted by atomic mass is 9.82. The average Bonchev–Trinajstić information content (AvgIpc) is 3.64. The number of thiophene rings is 1. The number of rotatable bonds is 4. The first-order chi connectivity index (χ1) is 24.1. The van der Waals surface area contributed by atoms with Gasteiger partial charge in [-0.25, -0.2) is 0 Å². The maximum atomic E-state index is 2.49. The van der Waals surface area contributed by atoms with Gasteiger partial charge in [0.15, 0.2) is 0 Å². The van der Waals surface area contributed by atoms with E-state index in [1.165, 1.54) is 80.8 Å². The summed E-state index contributed by atoms with van der Waals surface area (Å²) in [6.45, 7) is 4.73. The van der Waals surface area contributed by atoms with Gasteiger partial charge in [0.05, 0.1) is 5.69 Å². The van der Waals surface area contributed by atoms with Crippen LogP contribution in [-0.4, -0.2) is 0 Å². The van der Waals surface area contributed by atoms with Gasteiger partial charge in [-0.05, 0) is 85.9 Å². The Bertz CT molecular complexity index is 2770. The molecule has 0 atom stereocenters. The zero-order valence-corrected chi connectivity index (χ0v) is 28.3. The fourth-order valence-corrected chi connectivity index (χ4v) is 9.50. The van der Waals surface area contributed by atoms with Crippen LogP contribution < -0.4 is 4.90 Å². The molecule has 0 saturated heterocycles. The fraction of sp³-hybridized carbons (Fsp3) is 0.0638. The molecule has 1 aromatic heterocycles. The summed E-state index contributed by atoms with van der Waals surface area (Å²) >= 11 is 1.89. The first kappa shape index (κ1) is 28.3. The van der Waals surface area contributed by atoms with Crippen molar-refractivity contribution in [1.82, 2.24) is 0 Å². The molecule has 0 unspecified atom stereocenters. The van der Waals surface area contributed by atoms with E-state index < -0.39 is 0 Å². The van der Waals surface area contributed by atoms with Crippen molar-refractivity contribution in [2.75, 3.05) is 4.90 Å². The van der Waals surface area contributed by atoms with Crippen LogP contribution in [0.4, 0.5) is 17.1 Å². The minimum atomic E-state index is -0.0995. The molecule has 0 N–H and O–H groups in total. The van der Waals surface area contributed by atoms with Crippen LogP contribution in [-0.2, 0) is 5.41 Å². The molecule has 232 valence electrons. The van der Waals surface area contributed by atoms with E-state index in [2.05, 4.69) is 183 Å². The van der Waals surface area contributed by atoms with Gasteiger partial charge in [0.2, 0.25) is 0 Å². The molecule has 0 amide bonds. The molecule has 0 bridgehead atoms. The number of hydrogen-bond acceptors (Lipinski definition) is 2. The van der Waals surface area contributed by atoms with Crippen LogP contribution >= 0.6 is 11.3 Å². The Balaban J connectivity index is 1.23. The van der Waals surface area contributed by atoms with Crippen molar-refractivity contribution in [3.05, 3.63) is 175 Å².